The zero-order valence-electron chi connectivity index (χ0n) is 12.1. The number of aromatic carboxylic acids is 1. The van der Waals surface area contributed by atoms with Crippen LogP contribution in [0.15, 0.2) is 46.6 Å². The SMILES string of the molecule is CC(C)c1ccc(F)c(/N=N/c2ccc(O)c(C(=O)O)c2)c1. The minimum Gasteiger partial charge on any atom is -0.507 e. The molecule has 0 saturated heterocycles. The fourth-order valence-electron chi connectivity index (χ4n) is 1.83. The lowest BCUT2D eigenvalue weighted by Gasteiger charge is -2.06. The standard InChI is InChI=1S/C16H15FN2O3/c1-9(2)10-3-5-13(17)14(7-10)19-18-11-4-6-15(20)12(8-11)16(21)22/h3-9,20H,1-2H3,(H,21,22)/b19-18+. The lowest BCUT2D eigenvalue weighted by Crippen LogP contribution is -1.95. The first-order chi connectivity index (χ1) is 10.4. The first-order valence-electron chi connectivity index (χ1n) is 6.66. The smallest absolute Gasteiger partial charge is 0.339 e. The summed E-state index contributed by atoms with van der Waals surface area (Å²) in [6.45, 7) is 3.96. The Morgan fingerprint density at radius 3 is 2.50 bits per heavy atom. The van der Waals surface area contributed by atoms with E-state index >= 15 is 0 Å². The van der Waals surface area contributed by atoms with Gasteiger partial charge in [0.25, 0.3) is 0 Å². The maximum atomic E-state index is 13.7. The van der Waals surface area contributed by atoms with Crippen LogP contribution in [0.5, 0.6) is 5.75 Å². The van der Waals surface area contributed by atoms with Gasteiger partial charge in [0.05, 0.1) is 5.69 Å². The lowest BCUT2D eigenvalue weighted by molar-refractivity contribution is 0.0694. The van der Waals surface area contributed by atoms with E-state index in [1.807, 2.05) is 13.8 Å². The molecule has 0 aliphatic heterocycles. The first-order valence-corrected chi connectivity index (χ1v) is 6.66. The molecule has 0 saturated carbocycles. The van der Waals surface area contributed by atoms with E-state index in [2.05, 4.69) is 10.2 Å². The summed E-state index contributed by atoms with van der Waals surface area (Å²) in [4.78, 5) is 10.9. The quantitative estimate of drug-likeness (QED) is 0.798. The minimum absolute atomic E-state index is 0.0798. The minimum atomic E-state index is -1.28. The summed E-state index contributed by atoms with van der Waals surface area (Å²) < 4.78 is 13.7. The molecule has 0 aliphatic rings. The molecule has 2 N–H and O–H groups in total. The molecule has 6 heteroatoms. The molecule has 0 radical (unpaired) electrons. The van der Waals surface area contributed by atoms with Gasteiger partial charge in [-0.05, 0) is 41.8 Å². The molecule has 2 rings (SSSR count). The van der Waals surface area contributed by atoms with E-state index in [1.165, 1.54) is 24.3 Å². The Balaban J connectivity index is 2.34. The van der Waals surface area contributed by atoms with Gasteiger partial charge in [0.1, 0.15) is 17.0 Å². The molecular weight excluding hydrogens is 287 g/mol. The highest BCUT2D eigenvalue weighted by molar-refractivity contribution is 5.91. The zero-order chi connectivity index (χ0) is 16.3. The molecule has 0 fully saturated rings. The van der Waals surface area contributed by atoms with Crippen molar-refractivity contribution in [1.82, 2.24) is 0 Å². The van der Waals surface area contributed by atoms with Gasteiger partial charge >= 0.3 is 5.97 Å². The summed E-state index contributed by atoms with van der Waals surface area (Å²) in [5.74, 6) is -1.92. The summed E-state index contributed by atoms with van der Waals surface area (Å²) in [5.41, 5.74) is 0.931. The number of nitrogens with zero attached hydrogens (tertiary/aromatic N) is 2. The lowest BCUT2D eigenvalue weighted by atomic mass is 10.0. The summed E-state index contributed by atoms with van der Waals surface area (Å²) in [6, 6.07) is 8.38. The van der Waals surface area contributed by atoms with Gasteiger partial charge in [-0.3, -0.25) is 0 Å². The number of carboxylic acid groups (broad SMARTS) is 1. The topological polar surface area (TPSA) is 82.2 Å². The van der Waals surface area contributed by atoms with E-state index < -0.39 is 11.8 Å². The molecule has 0 bridgehead atoms. The number of rotatable bonds is 4. The Kier molecular flexibility index (Phi) is 4.50. The van der Waals surface area contributed by atoms with Crippen molar-refractivity contribution in [2.45, 2.75) is 19.8 Å². The van der Waals surface area contributed by atoms with Gasteiger partial charge in [-0.15, -0.1) is 5.11 Å². The second-order valence-corrected chi connectivity index (χ2v) is 5.07. The third-order valence-corrected chi connectivity index (χ3v) is 3.12. The highest BCUT2D eigenvalue weighted by Gasteiger charge is 2.10. The van der Waals surface area contributed by atoms with Gasteiger partial charge in [0.2, 0.25) is 0 Å². The molecule has 114 valence electrons. The summed E-state index contributed by atoms with van der Waals surface area (Å²) in [7, 11) is 0. The van der Waals surface area contributed by atoms with Crippen LogP contribution in [0.4, 0.5) is 15.8 Å². The van der Waals surface area contributed by atoms with Crippen molar-refractivity contribution in [2.75, 3.05) is 0 Å². The monoisotopic (exact) mass is 302 g/mol. The van der Waals surface area contributed by atoms with Crippen molar-refractivity contribution < 1.29 is 19.4 Å². The zero-order valence-corrected chi connectivity index (χ0v) is 12.1. The Hall–Kier alpha value is -2.76. The van der Waals surface area contributed by atoms with Crippen molar-refractivity contribution >= 4 is 17.3 Å². The third-order valence-electron chi connectivity index (χ3n) is 3.12. The van der Waals surface area contributed by atoms with Crippen LogP contribution < -0.4 is 0 Å². The van der Waals surface area contributed by atoms with Crippen molar-refractivity contribution in [3.63, 3.8) is 0 Å². The third kappa shape index (κ3) is 3.46. The van der Waals surface area contributed by atoms with Crippen molar-refractivity contribution in [3.05, 3.63) is 53.3 Å². The molecule has 0 aliphatic carbocycles. The van der Waals surface area contributed by atoms with Gasteiger partial charge in [-0.25, -0.2) is 9.18 Å². The molecular formula is C16H15FN2O3. The number of carboxylic acids is 1. The van der Waals surface area contributed by atoms with Gasteiger partial charge in [0.15, 0.2) is 5.82 Å². The van der Waals surface area contributed by atoms with E-state index in [0.29, 0.717) is 0 Å². The average Bonchev–Trinajstić information content (AvgIpc) is 2.47. The van der Waals surface area contributed by atoms with E-state index in [1.54, 1.807) is 12.1 Å². The Labute approximate surface area is 126 Å². The summed E-state index contributed by atoms with van der Waals surface area (Å²) in [6.07, 6.45) is 0. The summed E-state index contributed by atoms with van der Waals surface area (Å²) >= 11 is 0. The Bertz CT molecular complexity index is 742. The highest BCUT2D eigenvalue weighted by Crippen LogP contribution is 2.28. The maximum absolute atomic E-state index is 13.7. The first kappa shape index (κ1) is 15.6. The second kappa shape index (κ2) is 6.34. The molecule has 2 aromatic carbocycles. The van der Waals surface area contributed by atoms with E-state index in [-0.39, 0.29) is 28.6 Å². The van der Waals surface area contributed by atoms with Gasteiger partial charge < -0.3 is 10.2 Å². The fourth-order valence-corrected chi connectivity index (χ4v) is 1.83. The van der Waals surface area contributed by atoms with Gasteiger partial charge in [-0.1, -0.05) is 19.9 Å². The van der Waals surface area contributed by atoms with Gasteiger partial charge in [0, 0.05) is 0 Å². The van der Waals surface area contributed by atoms with Crippen LogP contribution in [0.3, 0.4) is 0 Å². The largest absolute Gasteiger partial charge is 0.507 e. The van der Waals surface area contributed by atoms with Crippen molar-refractivity contribution in [3.8, 4) is 5.75 Å². The molecule has 0 aromatic heterocycles. The molecule has 5 nitrogen and oxygen atoms in total. The molecule has 0 unspecified atom stereocenters. The Morgan fingerprint density at radius 1 is 1.14 bits per heavy atom. The fraction of sp³-hybridized carbons (Fsp3) is 0.188. The summed E-state index contributed by atoms with van der Waals surface area (Å²) in [5, 5.41) is 26.0. The number of hydrogen-bond acceptors (Lipinski definition) is 4. The number of benzene rings is 2. The normalized spacial score (nSPS) is 11.3. The predicted octanol–water partition coefficient (Wildman–Crippen LogP) is 4.77. The van der Waals surface area contributed by atoms with Crippen molar-refractivity contribution in [1.29, 1.82) is 0 Å². The van der Waals surface area contributed by atoms with E-state index in [0.717, 1.165) is 5.56 Å². The van der Waals surface area contributed by atoms with E-state index in [4.69, 9.17) is 5.11 Å². The number of carbonyl (C=O) groups is 1. The molecule has 2 aromatic rings. The predicted molar refractivity (Wildman–Crippen MR) is 79.7 cm³/mol. The average molecular weight is 302 g/mol. The number of halogens is 1. The van der Waals surface area contributed by atoms with Crippen LogP contribution >= 0.6 is 0 Å². The second-order valence-electron chi connectivity index (χ2n) is 5.07. The highest BCUT2D eigenvalue weighted by atomic mass is 19.1. The molecule has 22 heavy (non-hydrogen) atoms. The number of aromatic hydroxyl groups is 1. The van der Waals surface area contributed by atoms with Crippen LogP contribution in [0, 0.1) is 5.82 Å². The molecule has 0 atom stereocenters. The van der Waals surface area contributed by atoms with Crippen LogP contribution in [-0.4, -0.2) is 16.2 Å². The molecule has 0 heterocycles. The number of azo groups is 1. The van der Waals surface area contributed by atoms with Crippen LogP contribution in [0.1, 0.15) is 35.7 Å². The molecule has 0 amide bonds. The van der Waals surface area contributed by atoms with Crippen LogP contribution in [-0.2, 0) is 0 Å². The van der Waals surface area contributed by atoms with Crippen LogP contribution in [0.25, 0.3) is 0 Å². The molecule has 0 spiro atoms. The maximum Gasteiger partial charge on any atom is 0.339 e. The number of hydrogen-bond donors (Lipinski definition) is 2. The van der Waals surface area contributed by atoms with Crippen molar-refractivity contribution in [2.24, 2.45) is 10.2 Å². The van der Waals surface area contributed by atoms with E-state index in [9.17, 15) is 14.3 Å². The Morgan fingerprint density at radius 2 is 1.86 bits per heavy atom. The number of phenols is 1. The van der Waals surface area contributed by atoms with Crippen LogP contribution in [0.2, 0.25) is 0 Å². The van der Waals surface area contributed by atoms with Gasteiger partial charge in [-0.2, -0.15) is 5.11 Å².